The summed E-state index contributed by atoms with van der Waals surface area (Å²) in [6, 6.07) is 7.04. The lowest BCUT2D eigenvalue weighted by Crippen LogP contribution is -2.35. The number of carbonyl (C=O) groups is 2. The second-order valence-corrected chi connectivity index (χ2v) is 6.39. The van der Waals surface area contributed by atoms with Crippen LogP contribution in [0.2, 0.25) is 0 Å². The number of rotatable bonds is 8. The molecule has 0 aliphatic rings. The van der Waals surface area contributed by atoms with Crippen LogP contribution in [0.5, 0.6) is 0 Å². The number of amides is 2. The Morgan fingerprint density at radius 3 is 2.65 bits per heavy atom. The van der Waals surface area contributed by atoms with Gasteiger partial charge >= 0.3 is 0 Å². The normalized spacial score (nSPS) is 13.1. The summed E-state index contributed by atoms with van der Waals surface area (Å²) in [6.07, 6.45) is 4.28. The summed E-state index contributed by atoms with van der Waals surface area (Å²) in [5.74, 6) is -0.163. The topological polar surface area (TPSA) is 88.1 Å². The smallest absolute Gasteiger partial charge is 0.242 e. The molecule has 1 aromatic heterocycles. The lowest BCUT2D eigenvalue weighted by molar-refractivity contribution is -0.123. The largest absolute Gasteiger partial charge is 0.350 e. The quantitative estimate of drug-likeness (QED) is 0.674. The second-order valence-electron chi connectivity index (χ2n) is 6.39. The Bertz CT molecular complexity index is 756. The van der Waals surface area contributed by atoms with Crippen LogP contribution in [0.4, 0.5) is 5.69 Å². The first-order chi connectivity index (χ1) is 12.4. The van der Waals surface area contributed by atoms with Gasteiger partial charge in [0.25, 0.3) is 0 Å². The van der Waals surface area contributed by atoms with Gasteiger partial charge in [0, 0.05) is 37.0 Å². The Kier molecular flexibility index (Phi) is 6.91. The molecule has 7 nitrogen and oxygen atoms in total. The fourth-order valence-electron chi connectivity index (χ4n) is 2.54. The molecule has 26 heavy (non-hydrogen) atoms. The molecule has 0 fully saturated rings. The highest BCUT2D eigenvalue weighted by molar-refractivity contribution is 5.92. The van der Waals surface area contributed by atoms with E-state index in [0.29, 0.717) is 6.54 Å². The van der Waals surface area contributed by atoms with E-state index in [9.17, 15) is 9.59 Å². The Morgan fingerprint density at radius 1 is 1.27 bits per heavy atom. The molecule has 7 heteroatoms. The monoisotopic (exact) mass is 357 g/mol. The number of aryl methyl sites for hydroxylation is 1. The van der Waals surface area contributed by atoms with E-state index < -0.39 is 6.04 Å². The van der Waals surface area contributed by atoms with Crippen molar-refractivity contribution in [3.63, 3.8) is 0 Å². The molecule has 0 aliphatic heterocycles. The highest BCUT2D eigenvalue weighted by atomic mass is 16.2. The average molecular weight is 357 g/mol. The first kappa shape index (κ1) is 19.7. The molecule has 0 saturated heterocycles. The summed E-state index contributed by atoms with van der Waals surface area (Å²) in [5.41, 5.74) is 2.46. The summed E-state index contributed by atoms with van der Waals surface area (Å²) in [4.78, 5) is 24.5. The van der Waals surface area contributed by atoms with E-state index >= 15 is 0 Å². The Morgan fingerprint density at radius 2 is 2.04 bits per heavy atom. The molecule has 1 heterocycles. The highest BCUT2D eigenvalue weighted by Crippen LogP contribution is 2.14. The molecule has 1 aromatic carbocycles. The van der Waals surface area contributed by atoms with E-state index in [1.165, 1.54) is 0 Å². The van der Waals surface area contributed by atoms with Crippen molar-refractivity contribution in [3.8, 4) is 0 Å². The lowest BCUT2D eigenvalue weighted by Gasteiger charge is -2.15. The first-order valence-corrected chi connectivity index (χ1v) is 8.78. The van der Waals surface area contributed by atoms with Gasteiger partial charge in [-0.05, 0) is 31.2 Å². The number of carbonyl (C=O) groups excluding carboxylic acids is 2. The van der Waals surface area contributed by atoms with E-state index in [1.54, 1.807) is 17.9 Å². The van der Waals surface area contributed by atoms with Gasteiger partial charge in [-0.15, -0.1) is 0 Å². The molecule has 2 atom stereocenters. The molecule has 0 saturated carbocycles. The molecule has 2 aromatic rings. The predicted octanol–water partition coefficient (Wildman–Crippen LogP) is 1.98. The van der Waals surface area contributed by atoms with Crippen molar-refractivity contribution in [2.45, 2.75) is 32.9 Å². The molecule has 0 aliphatic carbocycles. The molecule has 3 N–H and O–H groups in total. The van der Waals surface area contributed by atoms with E-state index in [2.05, 4.69) is 21.0 Å². The molecule has 0 radical (unpaired) electrons. The standard InChI is InChI=1S/C19H27N5O2/c1-5-13(2)18(25)23-16-8-6-7-14(9-16)10-21-19(26)17(20-3)15-11-22-24(4)12-15/h6-9,11-13,17,20H,5,10H2,1-4H3,(H,21,26)(H,23,25). The molecule has 2 rings (SSSR count). The van der Waals surface area contributed by atoms with Crippen molar-refractivity contribution in [2.75, 3.05) is 12.4 Å². The third-order valence-electron chi connectivity index (χ3n) is 4.33. The Hall–Kier alpha value is -2.67. The van der Waals surface area contributed by atoms with Gasteiger partial charge in [0.2, 0.25) is 11.8 Å². The number of nitrogens with zero attached hydrogens (tertiary/aromatic N) is 2. The molecule has 140 valence electrons. The van der Waals surface area contributed by atoms with Crippen LogP contribution in [0, 0.1) is 5.92 Å². The van der Waals surface area contributed by atoms with Gasteiger partial charge in [-0.1, -0.05) is 26.0 Å². The van der Waals surface area contributed by atoms with Crippen LogP contribution in [-0.4, -0.2) is 28.6 Å². The zero-order valence-corrected chi connectivity index (χ0v) is 15.7. The number of anilines is 1. The predicted molar refractivity (Wildman–Crippen MR) is 101 cm³/mol. The minimum atomic E-state index is -0.461. The lowest BCUT2D eigenvalue weighted by atomic mass is 10.1. The van der Waals surface area contributed by atoms with Crippen LogP contribution in [0.25, 0.3) is 0 Å². The van der Waals surface area contributed by atoms with Crippen LogP contribution in [0.15, 0.2) is 36.7 Å². The summed E-state index contributed by atoms with van der Waals surface area (Å²) in [5, 5.41) is 12.9. The van der Waals surface area contributed by atoms with Gasteiger partial charge < -0.3 is 16.0 Å². The zero-order chi connectivity index (χ0) is 19.1. The van der Waals surface area contributed by atoms with Crippen LogP contribution in [-0.2, 0) is 23.2 Å². The molecule has 2 amide bonds. The molecule has 2 unspecified atom stereocenters. The van der Waals surface area contributed by atoms with Gasteiger partial charge in [-0.25, -0.2) is 0 Å². The minimum Gasteiger partial charge on any atom is -0.350 e. The Labute approximate surface area is 154 Å². The van der Waals surface area contributed by atoms with Crippen molar-refractivity contribution < 1.29 is 9.59 Å². The van der Waals surface area contributed by atoms with Crippen molar-refractivity contribution in [2.24, 2.45) is 13.0 Å². The van der Waals surface area contributed by atoms with Gasteiger partial charge in [0.1, 0.15) is 6.04 Å². The van der Waals surface area contributed by atoms with Gasteiger partial charge in [0.15, 0.2) is 0 Å². The fourth-order valence-corrected chi connectivity index (χ4v) is 2.54. The van der Waals surface area contributed by atoms with Crippen molar-refractivity contribution >= 4 is 17.5 Å². The van der Waals surface area contributed by atoms with Gasteiger partial charge in [0.05, 0.1) is 6.20 Å². The number of aromatic nitrogens is 2. The summed E-state index contributed by atoms with van der Waals surface area (Å²) < 4.78 is 1.66. The maximum Gasteiger partial charge on any atom is 0.242 e. The summed E-state index contributed by atoms with van der Waals surface area (Å²) in [7, 11) is 3.55. The molecular formula is C19H27N5O2. The maximum absolute atomic E-state index is 12.5. The first-order valence-electron chi connectivity index (χ1n) is 8.78. The number of benzene rings is 1. The van der Waals surface area contributed by atoms with Gasteiger partial charge in [-0.3, -0.25) is 14.3 Å². The number of hydrogen-bond acceptors (Lipinski definition) is 4. The second kappa shape index (κ2) is 9.15. The number of hydrogen-bond donors (Lipinski definition) is 3. The van der Waals surface area contributed by atoms with Gasteiger partial charge in [-0.2, -0.15) is 5.10 Å². The fraction of sp³-hybridized carbons (Fsp3) is 0.421. The van der Waals surface area contributed by atoms with E-state index in [4.69, 9.17) is 0 Å². The average Bonchev–Trinajstić information content (AvgIpc) is 3.06. The van der Waals surface area contributed by atoms with E-state index in [1.807, 2.05) is 51.4 Å². The maximum atomic E-state index is 12.5. The highest BCUT2D eigenvalue weighted by Gasteiger charge is 2.19. The SMILES string of the molecule is CCC(C)C(=O)Nc1cccc(CNC(=O)C(NC)c2cnn(C)c2)c1. The number of likely N-dealkylation sites (N-methyl/N-ethyl adjacent to an activating group) is 1. The van der Waals surface area contributed by atoms with E-state index in [0.717, 1.165) is 23.2 Å². The van der Waals surface area contributed by atoms with Crippen LogP contribution in [0.1, 0.15) is 37.4 Å². The van der Waals surface area contributed by atoms with Crippen molar-refractivity contribution in [3.05, 3.63) is 47.8 Å². The molecule has 0 spiro atoms. The van der Waals surface area contributed by atoms with E-state index in [-0.39, 0.29) is 17.7 Å². The zero-order valence-electron chi connectivity index (χ0n) is 15.7. The Balaban J connectivity index is 1.97. The number of nitrogens with one attached hydrogen (secondary N) is 3. The summed E-state index contributed by atoms with van der Waals surface area (Å²) >= 11 is 0. The molecule has 0 bridgehead atoms. The van der Waals surface area contributed by atoms with Crippen molar-refractivity contribution in [1.82, 2.24) is 20.4 Å². The molecular weight excluding hydrogens is 330 g/mol. The third-order valence-corrected chi connectivity index (χ3v) is 4.33. The van der Waals surface area contributed by atoms with Crippen LogP contribution < -0.4 is 16.0 Å². The van der Waals surface area contributed by atoms with Crippen LogP contribution >= 0.6 is 0 Å². The van der Waals surface area contributed by atoms with Crippen molar-refractivity contribution in [1.29, 1.82) is 0 Å². The third kappa shape index (κ3) is 5.16. The minimum absolute atomic E-state index is 0.000472. The van der Waals surface area contributed by atoms with Crippen LogP contribution in [0.3, 0.4) is 0 Å². The summed E-state index contributed by atoms with van der Waals surface area (Å²) in [6.45, 7) is 4.26.